The fourth-order valence-corrected chi connectivity index (χ4v) is 21.0. The van der Waals surface area contributed by atoms with Crippen molar-refractivity contribution in [2.45, 2.75) is 42.9 Å². The number of thiophene rings is 3. The van der Waals surface area contributed by atoms with Crippen LogP contribution in [-0.2, 0) is 16.2 Å². The second-order valence-electron chi connectivity index (χ2n) is 25.9. The average Bonchev–Trinajstić information content (AvgIpc) is 1.55. The SMILES string of the molecule is CC#CCOc1ccc2cc(C3(c4ccc(C(c5ccc(C6(c7ccc8cc(OCC#CC)ccc8c7)c7ccccc7-c7ccccc76)s5)c5ccc(C6(c7ccc8cc(OCC#CC)ccc8c7)c7ccccc7-c7ccccc76)s5)s4)c4ccccc4-c4ccccc43)ccc2c1. The second kappa shape index (κ2) is 24.8. The molecule has 100 heavy (non-hydrogen) atoms. The summed E-state index contributed by atoms with van der Waals surface area (Å²) in [7, 11) is 0. The van der Waals surface area contributed by atoms with Crippen LogP contribution in [0.25, 0.3) is 65.7 Å². The first-order chi connectivity index (χ1) is 49.4. The van der Waals surface area contributed by atoms with Crippen LogP contribution in [0.2, 0.25) is 0 Å². The highest BCUT2D eigenvalue weighted by Gasteiger charge is 2.51. The molecular weight excluding hydrogens is 1270 g/mol. The Morgan fingerprint density at radius 2 is 0.510 bits per heavy atom. The van der Waals surface area contributed by atoms with Gasteiger partial charge in [-0.05, 0) is 228 Å². The number of fused-ring (bicyclic) bond motifs is 12. The summed E-state index contributed by atoms with van der Waals surface area (Å²) in [6, 6.07) is 110. The fourth-order valence-electron chi connectivity index (χ4n) is 16.6. The fraction of sp³-hybridized carbons (Fsp3) is 0.106. The molecule has 476 valence electrons. The molecule has 3 aliphatic carbocycles. The lowest BCUT2D eigenvalue weighted by atomic mass is 9.71. The van der Waals surface area contributed by atoms with Gasteiger partial charge in [0.2, 0.25) is 0 Å². The predicted octanol–water partition coefficient (Wildman–Crippen LogP) is 22.8. The zero-order chi connectivity index (χ0) is 66.9. The lowest BCUT2D eigenvalue weighted by Gasteiger charge is -2.33. The zero-order valence-electron chi connectivity index (χ0n) is 55.4. The summed E-state index contributed by atoms with van der Waals surface area (Å²) in [6.45, 7) is 6.58. The van der Waals surface area contributed by atoms with Gasteiger partial charge in [0.05, 0.1) is 22.2 Å². The summed E-state index contributed by atoms with van der Waals surface area (Å²) in [5, 5.41) is 6.81. The number of hydrogen-bond acceptors (Lipinski definition) is 6. The Kier molecular flexibility index (Phi) is 15.2. The van der Waals surface area contributed by atoms with Gasteiger partial charge in [-0.2, -0.15) is 0 Å². The minimum absolute atomic E-state index is 0.166. The normalized spacial score (nSPS) is 13.6. The summed E-state index contributed by atoms with van der Waals surface area (Å²) >= 11 is 5.88. The van der Waals surface area contributed by atoms with Gasteiger partial charge < -0.3 is 14.2 Å². The smallest absolute Gasteiger partial charge is 0.149 e. The van der Waals surface area contributed by atoms with Gasteiger partial charge in [0.15, 0.2) is 0 Å². The van der Waals surface area contributed by atoms with Crippen molar-refractivity contribution in [2.24, 2.45) is 0 Å². The van der Waals surface area contributed by atoms with E-state index in [1.54, 1.807) is 0 Å². The number of benzene rings is 12. The highest BCUT2D eigenvalue weighted by molar-refractivity contribution is 7.15. The highest BCUT2D eigenvalue weighted by Crippen LogP contribution is 2.63. The van der Waals surface area contributed by atoms with Gasteiger partial charge in [-0.1, -0.05) is 218 Å². The molecule has 12 aromatic carbocycles. The molecule has 0 saturated carbocycles. The van der Waals surface area contributed by atoms with Crippen LogP contribution >= 0.6 is 34.0 Å². The lowest BCUT2D eigenvalue weighted by molar-refractivity contribution is 0.370. The van der Waals surface area contributed by atoms with Crippen LogP contribution in [0.4, 0.5) is 0 Å². The third kappa shape index (κ3) is 9.49. The molecule has 6 heteroatoms. The van der Waals surface area contributed by atoms with Crippen LogP contribution in [-0.4, -0.2) is 19.8 Å². The van der Waals surface area contributed by atoms with Crippen molar-refractivity contribution in [3.8, 4) is 86.2 Å². The zero-order valence-corrected chi connectivity index (χ0v) is 57.8. The van der Waals surface area contributed by atoms with E-state index in [2.05, 4.69) is 327 Å². The van der Waals surface area contributed by atoms with E-state index in [9.17, 15) is 0 Å². The predicted molar refractivity (Wildman–Crippen MR) is 415 cm³/mol. The maximum atomic E-state index is 6.12. The molecule has 0 spiro atoms. The third-order valence-corrected chi connectivity index (χ3v) is 24.7. The Labute approximate surface area is 595 Å². The Morgan fingerprint density at radius 3 is 0.770 bits per heavy atom. The summed E-state index contributed by atoms with van der Waals surface area (Å²) < 4.78 is 18.4. The molecule has 0 amide bonds. The first-order valence-electron chi connectivity index (χ1n) is 34.0. The van der Waals surface area contributed by atoms with E-state index in [0.717, 1.165) is 49.6 Å². The number of ether oxygens (including phenoxy) is 3. The first kappa shape index (κ1) is 61.0. The van der Waals surface area contributed by atoms with Crippen LogP contribution in [0.3, 0.4) is 0 Å². The first-order valence-corrected chi connectivity index (χ1v) is 36.5. The van der Waals surface area contributed by atoms with Crippen LogP contribution in [0, 0.1) is 35.5 Å². The van der Waals surface area contributed by atoms with Gasteiger partial charge in [-0.15, -0.1) is 51.8 Å². The maximum Gasteiger partial charge on any atom is 0.149 e. The molecule has 0 N–H and O–H groups in total. The Bertz CT molecular complexity index is 5280. The molecule has 0 aliphatic heterocycles. The van der Waals surface area contributed by atoms with Crippen LogP contribution in [0.15, 0.2) is 291 Å². The van der Waals surface area contributed by atoms with Crippen molar-refractivity contribution < 1.29 is 14.2 Å². The Hall–Kier alpha value is -11.4. The molecule has 0 unspecified atom stereocenters. The molecule has 3 aromatic heterocycles. The van der Waals surface area contributed by atoms with E-state index < -0.39 is 16.2 Å². The van der Waals surface area contributed by atoms with Gasteiger partial charge in [-0.3, -0.25) is 0 Å². The highest BCUT2D eigenvalue weighted by atomic mass is 32.1. The topological polar surface area (TPSA) is 27.7 Å². The van der Waals surface area contributed by atoms with Crippen molar-refractivity contribution in [2.75, 3.05) is 19.8 Å². The standard InChI is InChI=1S/C94H64O3S3/c1-4-7-52-95-70-43-37-61-55-67(40-34-64(61)58-70)92(79-28-16-10-22-73(79)74-23-11-17-29-80(74)92)88-49-46-85(98-88)91(86-47-50-89(99-86)93(81-30-18-12-24-75(81)76-25-13-19-31-82(76)93)68-41-35-65-59-71(96-53-8-5-2)44-38-62(65)56-68)87-48-51-90(100-87)94(83-32-20-14-26-77(83)78-27-15-21-33-84(78)94)69-42-36-66-60-72(97-54-9-6-3)45-39-63(66)57-69/h10-51,55-60,91H,52-54H2,1-3H3. The Balaban J connectivity index is 0.861. The monoisotopic (exact) mass is 1340 g/mol. The van der Waals surface area contributed by atoms with Crippen LogP contribution in [0.1, 0.15) is 106 Å². The van der Waals surface area contributed by atoms with Gasteiger partial charge in [0.25, 0.3) is 0 Å². The summed E-state index contributed by atoms with van der Waals surface area (Å²) in [4.78, 5) is 7.65. The van der Waals surface area contributed by atoms with Crippen molar-refractivity contribution in [1.82, 2.24) is 0 Å². The van der Waals surface area contributed by atoms with E-state index in [-0.39, 0.29) is 5.92 Å². The van der Waals surface area contributed by atoms with Crippen LogP contribution < -0.4 is 14.2 Å². The molecule has 3 nitrogen and oxygen atoms in total. The minimum atomic E-state index is -0.649. The molecule has 0 saturated heterocycles. The molecule has 3 heterocycles. The van der Waals surface area contributed by atoms with Crippen molar-refractivity contribution in [3.05, 3.63) is 371 Å². The van der Waals surface area contributed by atoms with E-state index >= 15 is 0 Å². The molecule has 0 radical (unpaired) electrons. The minimum Gasteiger partial charge on any atom is -0.481 e. The Morgan fingerprint density at radius 1 is 0.270 bits per heavy atom. The van der Waals surface area contributed by atoms with Gasteiger partial charge in [0.1, 0.15) is 37.1 Å². The van der Waals surface area contributed by atoms with Crippen molar-refractivity contribution in [3.63, 3.8) is 0 Å². The van der Waals surface area contributed by atoms with Gasteiger partial charge >= 0.3 is 0 Å². The van der Waals surface area contributed by atoms with Gasteiger partial charge in [0, 0.05) is 29.3 Å². The van der Waals surface area contributed by atoms with Crippen molar-refractivity contribution >= 4 is 66.3 Å². The molecule has 15 aromatic rings. The van der Waals surface area contributed by atoms with Crippen molar-refractivity contribution in [1.29, 1.82) is 0 Å². The largest absolute Gasteiger partial charge is 0.481 e. The van der Waals surface area contributed by atoms with E-state index in [0.29, 0.717) is 19.8 Å². The lowest BCUT2D eigenvalue weighted by Crippen LogP contribution is -2.27. The van der Waals surface area contributed by atoms with E-state index in [4.69, 9.17) is 14.2 Å². The van der Waals surface area contributed by atoms with Crippen LogP contribution in [0.5, 0.6) is 17.2 Å². The summed E-state index contributed by atoms with van der Waals surface area (Å²) in [6.07, 6.45) is 0. The molecule has 0 fully saturated rings. The summed E-state index contributed by atoms with van der Waals surface area (Å²) in [5.74, 6) is 20.4. The number of hydrogen-bond donors (Lipinski definition) is 0. The maximum absolute atomic E-state index is 6.12. The van der Waals surface area contributed by atoms with Gasteiger partial charge in [-0.25, -0.2) is 0 Å². The summed E-state index contributed by atoms with van der Waals surface area (Å²) in [5.41, 5.74) is 17.0. The molecule has 0 bridgehead atoms. The van der Waals surface area contributed by atoms with E-state index in [1.807, 2.05) is 54.8 Å². The average molecular weight is 1340 g/mol. The molecule has 0 atom stereocenters. The quantitative estimate of drug-likeness (QED) is 0.0958. The second-order valence-corrected chi connectivity index (χ2v) is 29.2. The third-order valence-electron chi connectivity index (χ3n) is 20.9. The van der Waals surface area contributed by atoms with E-state index in [1.165, 1.54) is 113 Å². The molecule has 3 aliphatic rings. The number of rotatable bonds is 15. The molecule has 18 rings (SSSR count). The molecular formula is C94H64O3S3.